The van der Waals surface area contributed by atoms with E-state index in [2.05, 4.69) is 5.32 Å². The molecule has 0 radical (unpaired) electrons. The van der Waals surface area contributed by atoms with Crippen molar-refractivity contribution in [1.82, 2.24) is 14.9 Å². The molecule has 2 aromatic heterocycles. The van der Waals surface area contributed by atoms with Gasteiger partial charge in [-0.15, -0.1) is 0 Å². The Labute approximate surface area is 183 Å². The molecule has 2 atom stereocenters. The van der Waals surface area contributed by atoms with Crippen LogP contribution in [0.25, 0.3) is 22.3 Å². The van der Waals surface area contributed by atoms with Gasteiger partial charge in [-0.2, -0.15) is 0 Å². The van der Waals surface area contributed by atoms with Crippen LogP contribution in [0, 0.1) is 12.7 Å². The third-order valence-corrected chi connectivity index (χ3v) is 7.54. The molecule has 1 unspecified atom stereocenters. The van der Waals surface area contributed by atoms with E-state index < -0.39 is 11.5 Å². The van der Waals surface area contributed by atoms with E-state index in [0.717, 1.165) is 22.1 Å². The quantitative estimate of drug-likeness (QED) is 0.425. The largest absolute Gasteiger partial charge is 0.375 e. The molecule has 0 bridgehead atoms. The van der Waals surface area contributed by atoms with Gasteiger partial charge < -0.3 is 20.7 Å². The lowest BCUT2D eigenvalue weighted by atomic mass is 9.82. The molecule has 1 aromatic carbocycles. The standard InChI is InChI=1S/C24H23FN4O3/c1-3-24(32)14-6-18-21-13(9-29(18)22(30)12(14)8-27-23(24)31)19-16(26)5-4-11-10(2)15(25)7-17(28-21)20(11)19/h6-7,16,32H,3-5,8-9,26H2,1-2H3,(H,27,31)/t16?,24-/m0/s1. The van der Waals surface area contributed by atoms with Gasteiger partial charge in [0.15, 0.2) is 5.60 Å². The molecule has 7 nitrogen and oxygen atoms in total. The minimum Gasteiger partial charge on any atom is -0.375 e. The fraction of sp³-hybridized carbons (Fsp3) is 0.375. The first-order chi connectivity index (χ1) is 15.3. The highest BCUT2D eigenvalue weighted by molar-refractivity contribution is 5.93. The SMILES string of the molecule is CC[C@@]1(O)C(=O)NCc2c1cc1n(c2=O)Cc2c-1nc1cc(F)c(C)c3c1c2C(N)CC3. The molecular formula is C24H23FN4O3. The van der Waals surface area contributed by atoms with E-state index >= 15 is 0 Å². The monoisotopic (exact) mass is 434 g/mol. The smallest absolute Gasteiger partial charge is 0.256 e. The number of fused-ring (bicyclic) bond motifs is 5. The molecule has 3 aromatic rings. The van der Waals surface area contributed by atoms with Crippen LogP contribution in [0.5, 0.6) is 0 Å². The average molecular weight is 434 g/mol. The number of aryl methyl sites for hydroxylation is 1. The zero-order valence-corrected chi connectivity index (χ0v) is 17.9. The fourth-order valence-electron chi connectivity index (χ4n) is 5.71. The van der Waals surface area contributed by atoms with Gasteiger partial charge in [-0.25, -0.2) is 9.37 Å². The van der Waals surface area contributed by atoms with Gasteiger partial charge in [-0.1, -0.05) is 6.92 Å². The van der Waals surface area contributed by atoms with Crippen molar-refractivity contribution in [3.8, 4) is 11.4 Å². The van der Waals surface area contributed by atoms with Crippen LogP contribution in [-0.4, -0.2) is 20.6 Å². The van der Waals surface area contributed by atoms with Crippen molar-refractivity contribution in [3.05, 3.63) is 61.7 Å². The zero-order valence-electron chi connectivity index (χ0n) is 17.9. The summed E-state index contributed by atoms with van der Waals surface area (Å²) in [6, 6.07) is 2.91. The van der Waals surface area contributed by atoms with E-state index in [1.807, 2.05) is 0 Å². The topological polar surface area (TPSA) is 110 Å². The Kier molecular flexibility index (Phi) is 3.81. The normalized spacial score (nSPS) is 23.0. The highest BCUT2D eigenvalue weighted by atomic mass is 19.1. The molecule has 8 heteroatoms. The van der Waals surface area contributed by atoms with Crippen molar-refractivity contribution in [2.24, 2.45) is 5.73 Å². The molecular weight excluding hydrogens is 411 g/mol. The van der Waals surface area contributed by atoms with E-state index in [4.69, 9.17) is 10.7 Å². The van der Waals surface area contributed by atoms with Gasteiger partial charge in [0, 0.05) is 40.7 Å². The second kappa shape index (κ2) is 6.24. The van der Waals surface area contributed by atoms with Crippen molar-refractivity contribution in [2.45, 2.75) is 57.8 Å². The van der Waals surface area contributed by atoms with Gasteiger partial charge in [-0.3, -0.25) is 9.59 Å². The van der Waals surface area contributed by atoms with Crippen LogP contribution < -0.4 is 16.6 Å². The summed E-state index contributed by atoms with van der Waals surface area (Å²) in [6.07, 6.45) is 1.52. The number of benzene rings is 1. The molecule has 3 aliphatic rings. The van der Waals surface area contributed by atoms with Crippen LogP contribution in [-0.2, 0) is 29.9 Å². The van der Waals surface area contributed by atoms with E-state index in [1.165, 1.54) is 6.07 Å². The summed E-state index contributed by atoms with van der Waals surface area (Å²) in [5.41, 5.74) is 10.2. The van der Waals surface area contributed by atoms with Crippen molar-refractivity contribution >= 4 is 16.8 Å². The molecule has 164 valence electrons. The highest BCUT2D eigenvalue weighted by Crippen LogP contribution is 2.44. The summed E-state index contributed by atoms with van der Waals surface area (Å²) in [4.78, 5) is 30.7. The summed E-state index contributed by atoms with van der Waals surface area (Å²) < 4.78 is 16.3. The first-order valence-corrected chi connectivity index (χ1v) is 10.9. The number of halogens is 1. The lowest BCUT2D eigenvalue weighted by molar-refractivity contribution is -0.142. The Morgan fingerprint density at radius 2 is 2.09 bits per heavy atom. The molecule has 0 fully saturated rings. The summed E-state index contributed by atoms with van der Waals surface area (Å²) >= 11 is 0. The summed E-state index contributed by atoms with van der Waals surface area (Å²) in [7, 11) is 0. The number of nitrogens with one attached hydrogen (secondary N) is 1. The molecule has 1 aliphatic carbocycles. The lowest BCUT2D eigenvalue weighted by Gasteiger charge is -2.32. The maximum Gasteiger partial charge on any atom is 0.256 e. The molecule has 4 heterocycles. The molecule has 0 spiro atoms. The Morgan fingerprint density at radius 3 is 2.84 bits per heavy atom. The van der Waals surface area contributed by atoms with E-state index in [-0.39, 0.29) is 30.4 Å². The van der Waals surface area contributed by atoms with Crippen molar-refractivity contribution in [3.63, 3.8) is 0 Å². The molecule has 4 N–H and O–H groups in total. The summed E-state index contributed by atoms with van der Waals surface area (Å²) in [6.45, 7) is 3.87. The van der Waals surface area contributed by atoms with Gasteiger partial charge in [0.05, 0.1) is 23.4 Å². The predicted molar refractivity (Wildman–Crippen MR) is 117 cm³/mol. The Morgan fingerprint density at radius 1 is 1.31 bits per heavy atom. The number of carbonyl (C=O) groups is 1. The minimum atomic E-state index is -1.77. The predicted octanol–water partition coefficient (Wildman–Crippen LogP) is 2.05. The van der Waals surface area contributed by atoms with E-state index in [1.54, 1.807) is 24.5 Å². The average Bonchev–Trinajstić information content (AvgIpc) is 3.14. The maximum atomic E-state index is 14.7. The molecule has 0 saturated carbocycles. The van der Waals surface area contributed by atoms with Crippen molar-refractivity contribution in [1.29, 1.82) is 0 Å². The van der Waals surface area contributed by atoms with E-state index in [9.17, 15) is 19.1 Å². The molecule has 1 amide bonds. The van der Waals surface area contributed by atoms with Crippen LogP contribution in [0.15, 0.2) is 16.9 Å². The highest BCUT2D eigenvalue weighted by Gasteiger charge is 2.44. The Bertz CT molecular complexity index is 1440. The van der Waals surface area contributed by atoms with Gasteiger partial charge >= 0.3 is 0 Å². The fourth-order valence-corrected chi connectivity index (χ4v) is 5.71. The Balaban J connectivity index is 1.70. The number of nitrogens with two attached hydrogens (primary N) is 1. The molecule has 0 saturated heterocycles. The van der Waals surface area contributed by atoms with Crippen LogP contribution in [0.2, 0.25) is 0 Å². The van der Waals surface area contributed by atoms with Gasteiger partial charge in [-0.05, 0) is 48.9 Å². The first kappa shape index (κ1) is 19.6. The van der Waals surface area contributed by atoms with Gasteiger partial charge in [0.2, 0.25) is 0 Å². The van der Waals surface area contributed by atoms with Gasteiger partial charge in [0.1, 0.15) is 5.82 Å². The first-order valence-electron chi connectivity index (χ1n) is 10.9. The number of rotatable bonds is 1. The molecule has 32 heavy (non-hydrogen) atoms. The van der Waals surface area contributed by atoms with E-state index in [0.29, 0.717) is 53.0 Å². The third kappa shape index (κ3) is 2.23. The third-order valence-electron chi connectivity index (χ3n) is 7.54. The zero-order chi connectivity index (χ0) is 22.5. The number of nitrogens with zero attached hydrogens (tertiary/aromatic N) is 2. The second-order valence-corrected chi connectivity index (χ2v) is 9.06. The summed E-state index contributed by atoms with van der Waals surface area (Å²) in [5, 5.41) is 14.6. The van der Waals surface area contributed by atoms with Gasteiger partial charge in [0.25, 0.3) is 11.5 Å². The van der Waals surface area contributed by atoms with Crippen LogP contribution >= 0.6 is 0 Å². The minimum absolute atomic E-state index is 0.0717. The Hall–Kier alpha value is -3.10. The van der Waals surface area contributed by atoms with Crippen LogP contribution in [0.4, 0.5) is 4.39 Å². The maximum absolute atomic E-state index is 14.7. The van der Waals surface area contributed by atoms with Crippen LogP contribution in [0.1, 0.15) is 59.2 Å². The van der Waals surface area contributed by atoms with Crippen molar-refractivity contribution in [2.75, 3.05) is 0 Å². The number of carbonyl (C=O) groups excluding carboxylic acids is 1. The number of hydrogen-bond acceptors (Lipinski definition) is 5. The molecule has 2 aliphatic heterocycles. The number of pyridine rings is 2. The van der Waals surface area contributed by atoms with Crippen molar-refractivity contribution < 1.29 is 14.3 Å². The lowest BCUT2D eigenvalue weighted by Crippen LogP contribution is -2.50. The number of hydrogen-bond donors (Lipinski definition) is 3. The van der Waals surface area contributed by atoms with Crippen LogP contribution in [0.3, 0.4) is 0 Å². The summed E-state index contributed by atoms with van der Waals surface area (Å²) in [5.74, 6) is -0.819. The number of aromatic nitrogens is 2. The second-order valence-electron chi connectivity index (χ2n) is 9.06. The number of aliphatic hydroxyl groups is 1. The number of amides is 1. The molecule has 6 rings (SSSR count).